The van der Waals surface area contributed by atoms with E-state index in [0.717, 1.165) is 24.5 Å². The van der Waals surface area contributed by atoms with Crippen molar-refractivity contribution in [1.29, 1.82) is 0 Å². The molecular formula is C24H27N7O. The summed E-state index contributed by atoms with van der Waals surface area (Å²) in [7, 11) is 0. The van der Waals surface area contributed by atoms with Gasteiger partial charge in [-0.1, -0.05) is 64.8 Å². The molecule has 8 nitrogen and oxygen atoms in total. The Labute approximate surface area is 187 Å². The summed E-state index contributed by atoms with van der Waals surface area (Å²) in [4.78, 5) is 10.8. The van der Waals surface area contributed by atoms with Crippen LogP contribution in [0.3, 0.4) is 0 Å². The van der Waals surface area contributed by atoms with Crippen LogP contribution in [0, 0.1) is 13.8 Å². The average Bonchev–Trinajstić information content (AvgIpc) is 3.45. The van der Waals surface area contributed by atoms with Crippen LogP contribution in [0.4, 0.5) is 0 Å². The van der Waals surface area contributed by atoms with E-state index >= 15 is 0 Å². The number of nitrogens with zero attached hydrogens (tertiary/aromatic N) is 7. The quantitative estimate of drug-likeness (QED) is 0.259. The van der Waals surface area contributed by atoms with Crippen LogP contribution in [-0.4, -0.2) is 24.2 Å². The maximum Gasteiger partial charge on any atom is 0.0952 e. The number of benzene rings is 2. The summed E-state index contributed by atoms with van der Waals surface area (Å²) in [5.41, 5.74) is 15.0. The summed E-state index contributed by atoms with van der Waals surface area (Å²) in [5.74, 6) is 0. The molecule has 2 aromatic heterocycles. The normalized spacial score (nSPS) is 10.2. The molecule has 32 heavy (non-hydrogen) atoms. The molecule has 0 radical (unpaired) electrons. The molecule has 1 N–H and O–H groups in total. The Morgan fingerprint density at radius 1 is 0.812 bits per heavy atom. The molecule has 2 heterocycles. The molecule has 0 saturated heterocycles. The number of aliphatic hydroxyl groups excluding tert-OH is 1. The summed E-state index contributed by atoms with van der Waals surface area (Å²) >= 11 is 0. The molecule has 0 atom stereocenters. The van der Waals surface area contributed by atoms with E-state index in [9.17, 15) is 0 Å². The van der Waals surface area contributed by atoms with Crippen molar-refractivity contribution >= 4 is 0 Å². The van der Waals surface area contributed by atoms with Gasteiger partial charge in [0.1, 0.15) is 0 Å². The number of aromatic nitrogens is 4. The Hall–Kier alpha value is -3.87. The number of aliphatic hydroxyl groups is 1. The average molecular weight is 430 g/mol. The fourth-order valence-corrected chi connectivity index (χ4v) is 3.13. The highest BCUT2D eigenvalue weighted by atomic mass is 16.3. The third-order valence-electron chi connectivity index (χ3n) is 5.00. The first kappa shape index (κ1) is 22.8. The van der Waals surface area contributed by atoms with Crippen LogP contribution in [0.2, 0.25) is 0 Å². The molecule has 0 amide bonds. The summed E-state index contributed by atoms with van der Waals surface area (Å²) < 4.78 is 3.93. The number of azide groups is 1. The highest BCUT2D eigenvalue weighted by Crippen LogP contribution is 2.09. The zero-order valence-corrected chi connectivity index (χ0v) is 18.3. The second kappa shape index (κ2) is 11.5. The smallest absolute Gasteiger partial charge is 0.0952 e. The molecular weight excluding hydrogens is 402 g/mol. The van der Waals surface area contributed by atoms with E-state index in [4.69, 9.17) is 10.6 Å². The van der Waals surface area contributed by atoms with Gasteiger partial charge in [0.05, 0.1) is 37.7 Å². The van der Waals surface area contributed by atoms with E-state index in [1.807, 2.05) is 9.13 Å². The minimum Gasteiger partial charge on any atom is -0.390 e. The monoisotopic (exact) mass is 429 g/mol. The third-order valence-corrected chi connectivity index (χ3v) is 5.00. The fourth-order valence-electron chi connectivity index (χ4n) is 3.13. The van der Waals surface area contributed by atoms with Crippen LogP contribution < -0.4 is 0 Å². The summed E-state index contributed by atoms with van der Waals surface area (Å²) in [6, 6.07) is 16.7. The first-order chi connectivity index (χ1) is 15.6. The maximum atomic E-state index is 9.07. The molecule has 0 unspecified atom stereocenters. The molecule has 0 aliphatic carbocycles. The topological polar surface area (TPSA) is 105 Å². The molecule has 0 fully saturated rings. The highest BCUT2D eigenvalue weighted by Gasteiger charge is 2.02. The zero-order chi connectivity index (χ0) is 22.8. The minimum atomic E-state index is 0.0336. The second-order valence-electron chi connectivity index (χ2n) is 7.54. The van der Waals surface area contributed by atoms with Gasteiger partial charge in [-0.3, -0.25) is 0 Å². The highest BCUT2D eigenvalue weighted by molar-refractivity contribution is 5.23. The van der Waals surface area contributed by atoms with Crippen molar-refractivity contribution in [3.8, 4) is 0 Å². The van der Waals surface area contributed by atoms with Crippen LogP contribution in [-0.2, 0) is 26.2 Å². The van der Waals surface area contributed by atoms with Crippen molar-refractivity contribution in [2.45, 2.75) is 40.1 Å². The Morgan fingerprint density at radius 2 is 1.28 bits per heavy atom. The fraction of sp³-hybridized carbons (Fsp3) is 0.250. The molecule has 4 rings (SSSR count). The zero-order valence-electron chi connectivity index (χ0n) is 18.3. The van der Waals surface area contributed by atoms with Gasteiger partial charge < -0.3 is 14.2 Å². The SMILES string of the molecule is Cc1ccc(Cn2cncc2CN=[N+]=[N-])cc1.Cc1ccc(Cn2cncc2CO)cc1. The number of rotatable bonds is 7. The van der Waals surface area contributed by atoms with Crippen LogP contribution in [0.5, 0.6) is 0 Å². The van der Waals surface area contributed by atoms with Crippen molar-refractivity contribution in [3.05, 3.63) is 118 Å². The van der Waals surface area contributed by atoms with Crippen LogP contribution >= 0.6 is 0 Å². The van der Waals surface area contributed by atoms with Crippen LogP contribution in [0.1, 0.15) is 33.6 Å². The van der Waals surface area contributed by atoms with Gasteiger partial charge in [-0.25, -0.2) is 9.97 Å². The maximum absolute atomic E-state index is 9.07. The lowest BCUT2D eigenvalue weighted by Gasteiger charge is -2.06. The molecule has 0 spiro atoms. The molecule has 164 valence electrons. The Bertz CT molecular complexity index is 1150. The van der Waals surface area contributed by atoms with Gasteiger partial charge in [-0.2, -0.15) is 0 Å². The second-order valence-corrected chi connectivity index (χ2v) is 7.54. The van der Waals surface area contributed by atoms with E-state index in [1.165, 1.54) is 22.3 Å². The first-order valence-electron chi connectivity index (χ1n) is 10.3. The van der Waals surface area contributed by atoms with Gasteiger partial charge in [0.15, 0.2) is 0 Å². The molecule has 2 aromatic carbocycles. The van der Waals surface area contributed by atoms with Crippen molar-refractivity contribution < 1.29 is 5.11 Å². The lowest BCUT2D eigenvalue weighted by atomic mass is 10.1. The van der Waals surface area contributed by atoms with Gasteiger partial charge >= 0.3 is 0 Å². The van der Waals surface area contributed by atoms with Crippen molar-refractivity contribution in [2.24, 2.45) is 5.11 Å². The lowest BCUT2D eigenvalue weighted by molar-refractivity contribution is 0.271. The molecule has 0 aliphatic heterocycles. The Kier molecular flexibility index (Phi) is 8.20. The Balaban J connectivity index is 0.000000182. The van der Waals surface area contributed by atoms with E-state index in [0.29, 0.717) is 6.54 Å². The molecule has 0 bridgehead atoms. The summed E-state index contributed by atoms with van der Waals surface area (Å²) in [5, 5.41) is 12.6. The number of hydrogen-bond acceptors (Lipinski definition) is 4. The van der Waals surface area contributed by atoms with E-state index in [2.05, 4.69) is 82.4 Å². The predicted molar refractivity (Wildman–Crippen MR) is 124 cm³/mol. The van der Waals surface area contributed by atoms with Crippen molar-refractivity contribution in [2.75, 3.05) is 0 Å². The minimum absolute atomic E-state index is 0.0336. The number of hydrogen-bond donors (Lipinski definition) is 1. The van der Waals surface area contributed by atoms with E-state index in [-0.39, 0.29) is 6.61 Å². The molecule has 0 saturated carbocycles. The van der Waals surface area contributed by atoms with Gasteiger partial charge in [-0.15, -0.1) is 0 Å². The number of aryl methyl sites for hydroxylation is 2. The van der Waals surface area contributed by atoms with Gasteiger partial charge in [-0.05, 0) is 30.5 Å². The lowest BCUT2D eigenvalue weighted by Crippen LogP contribution is -2.02. The van der Waals surface area contributed by atoms with Gasteiger partial charge in [0.2, 0.25) is 0 Å². The molecule has 0 aliphatic rings. The third kappa shape index (κ3) is 6.57. The van der Waals surface area contributed by atoms with Crippen LogP contribution in [0.25, 0.3) is 10.4 Å². The van der Waals surface area contributed by atoms with Gasteiger partial charge in [0.25, 0.3) is 0 Å². The van der Waals surface area contributed by atoms with E-state index < -0.39 is 0 Å². The van der Waals surface area contributed by atoms with E-state index in [1.54, 1.807) is 25.0 Å². The molecule has 4 aromatic rings. The van der Waals surface area contributed by atoms with Crippen molar-refractivity contribution in [3.63, 3.8) is 0 Å². The van der Waals surface area contributed by atoms with Gasteiger partial charge in [0, 0.05) is 29.9 Å². The van der Waals surface area contributed by atoms with Crippen molar-refractivity contribution in [1.82, 2.24) is 19.1 Å². The summed E-state index contributed by atoms with van der Waals surface area (Å²) in [6.07, 6.45) is 6.91. The Morgan fingerprint density at radius 3 is 1.75 bits per heavy atom. The largest absolute Gasteiger partial charge is 0.390 e. The van der Waals surface area contributed by atoms with Crippen LogP contribution in [0.15, 0.2) is 78.7 Å². The standard InChI is InChI=1S/C12H13N5.C12H14N2O/c1-10-2-4-11(5-3-10)8-17-9-14-6-12(17)7-15-16-13;1-10-2-4-11(5-3-10)7-14-9-13-6-12(14)8-15/h2-6,9H,7-8H2,1H3;2-6,9,15H,7-8H2,1H3. The molecule has 8 heteroatoms. The first-order valence-corrected chi connectivity index (χ1v) is 10.3. The predicted octanol–water partition coefficient (Wildman–Crippen LogP) is 4.78. The number of imidazole rings is 2. The summed E-state index contributed by atoms with van der Waals surface area (Å²) in [6.45, 7) is 6.01.